The van der Waals surface area contributed by atoms with Gasteiger partial charge in [-0.25, -0.2) is 0 Å². The number of methoxy groups -OCH3 is 1. The number of amides is 1. The van der Waals surface area contributed by atoms with Crippen molar-refractivity contribution in [2.24, 2.45) is 0 Å². The lowest BCUT2D eigenvalue weighted by molar-refractivity contribution is -0.115. The molecule has 0 radical (unpaired) electrons. The molecular weight excluding hydrogens is 423 g/mol. The molecule has 0 saturated heterocycles. The van der Waals surface area contributed by atoms with Crippen LogP contribution in [0.5, 0.6) is 5.75 Å². The highest BCUT2D eigenvalue weighted by molar-refractivity contribution is 6.39. The van der Waals surface area contributed by atoms with Crippen LogP contribution in [0.2, 0.25) is 10.0 Å². The van der Waals surface area contributed by atoms with Crippen LogP contribution in [0, 0.1) is 0 Å². The third-order valence-corrected chi connectivity index (χ3v) is 4.89. The van der Waals surface area contributed by atoms with Crippen molar-refractivity contribution in [3.8, 4) is 5.75 Å². The van der Waals surface area contributed by atoms with Crippen molar-refractivity contribution in [2.75, 3.05) is 31.0 Å². The first kappa shape index (κ1) is 22.0. The van der Waals surface area contributed by atoms with E-state index in [9.17, 15) is 4.79 Å². The molecule has 0 heterocycles. The SMILES string of the molecule is COCCOc1cccc(NC(=O)Cc2ccccc2Nc2c(Cl)cccc2Cl)c1. The van der Waals surface area contributed by atoms with Crippen LogP contribution in [-0.4, -0.2) is 26.2 Å². The lowest BCUT2D eigenvalue weighted by Crippen LogP contribution is -2.15. The molecule has 0 atom stereocenters. The maximum atomic E-state index is 12.6. The molecule has 3 aromatic carbocycles. The fraction of sp³-hybridized carbons (Fsp3) is 0.174. The predicted molar refractivity (Wildman–Crippen MR) is 122 cm³/mol. The summed E-state index contributed by atoms with van der Waals surface area (Å²) in [5.74, 6) is 0.517. The number of anilines is 3. The van der Waals surface area contributed by atoms with Crippen molar-refractivity contribution in [3.05, 3.63) is 82.3 Å². The number of halogens is 2. The van der Waals surface area contributed by atoms with E-state index in [1.165, 1.54) is 0 Å². The van der Waals surface area contributed by atoms with Gasteiger partial charge in [0.15, 0.2) is 0 Å². The predicted octanol–water partition coefficient (Wildman–Crippen LogP) is 5.94. The lowest BCUT2D eigenvalue weighted by Gasteiger charge is -2.14. The van der Waals surface area contributed by atoms with E-state index in [1.54, 1.807) is 31.4 Å². The Balaban J connectivity index is 1.68. The molecule has 0 aliphatic rings. The third-order valence-electron chi connectivity index (χ3n) is 4.26. The van der Waals surface area contributed by atoms with E-state index < -0.39 is 0 Å². The van der Waals surface area contributed by atoms with Crippen LogP contribution >= 0.6 is 23.2 Å². The molecule has 0 saturated carbocycles. The van der Waals surface area contributed by atoms with Gasteiger partial charge in [0.05, 0.1) is 28.8 Å². The topological polar surface area (TPSA) is 59.6 Å². The number of hydrogen-bond acceptors (Lipinski definition) is 4. The summed E-state index contributed by atoms with van der Waals surface area (Å²) in [7, 11) is 1.62. The fourth-order valence-corrected chi connectivity index (χ4v) is 3.32. The zero-order chi connectivity index (χ0) is 21.3. The largest absolute Gasteiger partial charge is 0.491 e. The summed E-state index contributed by atoms with van der Waals surface area (Å²) in [5, 5.41) is 7.16. The molecule has 7 heteroatoms. The molecule has 5 nitrogen and oxygen atoms in total. The Morgan fingerprint density at radius 2 is 1.67 bits per heavy atom. The van der Waals surface area contributed by atoms with Gasteiger partial charge in [-0.1, -0.05) is 53.5 Å². The second kappa shape index (κ2) is 10.9. The van der Waals surface area contributed by atoms with Gasteiger partial charge in [-0.3, -0.25) is 4.79 Å². The van der Waals surface area contributed by atoms with Crippen LogP contribution in [0.3, 0.4) is 0 Å². The minimum Gasteiger partial charge on any atom is -0.491 e. The molecule has 0 aromatic heterocycles. The molecule has 3 rings (SSSR count). The third kappa shape index (κ3) is 6.13. The zero-order valence-electron chi connectivity index (χ0n) is 16.5. The summed E-state index contributed by atoms with van der Waals surface area (Å²) >= 11 is 12.5. The molecule has 3 aromatic rings. The highest BCUT2D eigenvalue weighted by atomic mass is 35.5. The van der Waals surface area contributed by atoms with E-state index in [0.29, 0.717) is 40.4 Å². The Hall–Kier alpha value is -2.73. The van der Waals surface area contributed by atoms with Gasteiger partial charge in [0.1, 0.15) is 12.4 Å². The molecule has 2 N–H and O–H groups in total. The Morgan fingerprint density at radius 3 is 2.43 bits per heavy atom. The van der Waals surface area contributed by atoms with Crippen LogP contribution in [0.25, 0.3) is 0 Å². The Bertz CT molecular complexity index is 991. The van der Waals surface area contributed by atoms with Crippen molar-refractivity contribution in [2.45, 2.75) is 6.42 Å². The molecular formula is C23H22Cl2N2O3. The van der Waals surface area contributed by atoms with Crippen molar-refractivity contribution in [1.29, 1.82) is 0 Å². The molecule has 0 unspecified atom stereocenters. The minimum absolute atomic E-state index is 0.149. The van der Waals surface area contributed by atoms with Gasteiger partial charge in [-0.2, -0.15) is 0 Å². The summed E-state index contributed by atoms with van der Waals surface area (Å²) in [6.45, 7) is 0.938. The van der Waals surface area contributed by atoms with E-state index in [2.05, 4.69) is 10.6 Å². The Kier molecular flexibility index (Phi) is 7.97. The van der Waals surface area contributed by atoms with Gasteiger partial charge in [0.25, 0.3) is 0 Å². The van der Waals surface area contributed by atoms with Gasteiger partial charge in [0.2, 0.25) is 5.91 Å². The molecule has 0 aliphatic heterocycles. The summed E-state index contributed by atoms with van der Waals surface area (Å²) in [6, 6.07) is 20.1. The van der Waals surface area contributed by atoms with Crippen LogP contribution in [-0.2, 0) is 16.0 Å². The summed E-state index contributed by atoms with van der Waals surface area (Å²) < 4.78 is 10.6. The molecule has 0 spiro atoms. The lowest BCUT2D eigenvalue weighted by atomic mass is 10.1. The summed E-state index contributed by atoms with van der Waals surface area (Å²) in [5.41, 5.74) is 2.85. The second-order valence-electron chi connectivity index (χ2n) is 6.47. The first-order valence-electron chi connectivity index (χ1n) is 9.37. The van der Waals surface area contributed by atoms with Crippen LogP contribution in [0.1, 0.15) is 5.56 Å². The number of nitrogens with one attached hydrogen (secondary N) is 2. The van der Waals surface area contributed by atoms with Gasteiger partial charge < -0.3 is 20.1 Å². The number of carbonyl (C=O) groups excluding carboxylic acids is 1. The number of hydrogen-bond donors (Lipinski definition) is 2. The molecule has 0 aliphatic carbocycles. The molecule has 1 amide bonds. The molecule has 30 heavy (non-hydrogen) atoms. The van der Waals surface area contributed by atoms with Gasteiger partial charge >= 0.3 is 0 Å². The molecule has 0 fully saturated rings. The molecule has 0 bridgehead atoms. The average molecular weight is 445 g/mol. The number of carbonyl (C=O) groups is 1. The normalized spacial score (nSPS) is 10.5. The van der Waals surface area contributed by atoms with Gasteiger partial charge in [0, 0.05) is 24.6 Å². The van der Waals surface area contributed by atoms with Crippen molar-refractivity contribution in [1.82, 2.24) is 0 Å². The highest BCUT2D eigenvalue weighted by Gasteiger charge is 2.12. The van der Waals surface area contributed by atoms with Crippen LogP contribution in [0.4, 0.5) is 17.1 Å². The van der Waals surface area contributed by atoms with E-state index in [0.717, 1.165) is 11.3 Å². The minimum atomic E-state index is -0.149. The highest BCUT2D eigenvalue weighted by Crippen LogP contribution is 2.33. The quantitative estimate of drug-likeness (QED) is 0.400. The van der Waals surface area contributed by atoms with Crippen molar-refractivity contribution < 1.29 is 14.3 Å². The number of ether oxygens (including phenoxy) is 2. The second-order valence-corrected chi connectivity index (χ2v) is 7.29. The first-order chi connectivity index (χ1) is 14.6. The zero-order valence-corrected chi connectivity index (χ0v) is 18.0. The monoisotopic (exact) mass is 444 g/mol. The fourth-order valence-electron chi connectivity index (χ4n) is 2.83. The van der Waals surface area contributed by atoms with E-state index in [-0.39, 0.29) is 12.3 Å². The summed E-state index contributed by atoms with van der Waals surface area (Å²) in [4.78, 5) is 12.6. The number of benzene rings is 3. The first-order valence-corrected chi connectivity index (χ1v) is 10.1. The van der Waals surface area contributed by atoms with Crippen molar-refractivity contribution >= 4 is 46.2 Å². The van der Waals surface area contributed by atoms with Gasteiger partial charge in [-0.15, -0.1) is 0 Å². The standard InChI is InChI=1S/C23H22Cl2N2O3/c1-29-12-13-30-18-8-4-7-17(15-18)26-22(28)14-16-6-2-3-11-21(16)27-23-19(24)9-5-10-20(23)25/h2-11,15,27H,12-14H2,1H3,(H,26,28). The molecule has 156 valence electrons. The van der Waals surface area contributed by atoms with Crippen LogP contribution < -0.4 is 15.4 Å². The van der Waals surface area contributed by atoms with E-state index >= 15 is 0 Å². The number of para-hydroxylation sites is 2. The average Bonchev–Trinajstić information content (AvgIpc) is 2.72. The number of rotatable bonds is 9. The maximum Gasteiger partial charge on any atom is 0.228 e. The Labute approximate surface area is 185 Å². The smallest absolute Gasteiger partial charge is 0.228 e. The Morgan fingerprint density at radius 1 is 0.933 bits per heavy atom. The van der Waals surface area contributed by atoms with E-state index in [4.69, 9.17) is 32.7 Å². The summed E-state index contributed by atoms with van der Waals surface area (Å²) in [6.07, 6.45) is 0.181. The van der Waals surface area contributed by atoms with Crippen LogP contribution in [0.15, 0.2) is 66.7 Å². The van der Waals surface area contributed by atoms with Crippen molar-refractivity contribution in [3.63, 3.8) is 0 Å². The van der Waals surface area contributed by atoms with Gasteiger partial charge in [-0.05, 0) is 35.9 Å². The van der Waals surface area contributed by atoms with E-state index in [1.807, 2.05) is 42.5 Å². The maximum absolute atomic E-state index is 12.6.